The number of ether oxygens (including phenoxy) is 1. The number of aryl methyl sites for hydroxylation is 2. The second-order valence-corrected chi connectivity index (χ2v) is 11.7. The molecule has 0 saturated carbocycles. The van der Waals surface area contributed by atoms with Crippen LogP contribution in [0.4, 0.5) is 0 Å². The molecule has 9 heteroatoms. The van der Waals surface area contributed by atoms with E-state index in [1.54, 1.807) is 7.11 Å². The average molecular weight is 601 g/mol. The Morgan fingerprint density at radius 2 is 1.83 bits per heavy atom. The molecule has 3 aromatic heterocycles. The summed E-state index contributed by atoms with van der Waals surface area (Å²) in [6, 6.07) is 10.4. The van der Waals surface area contributed by atoms with E-state index in [0.29, 0.717) is 28.4 Å². The first-order valence-electron chi connectivity index (χ1n) is 14.7. The lowest BCUT2D eigenvalue weighted by atomic mass is 10.0. The van der Waals surface area contributed by atoms with Crippen LogP contribution in [0.2, 0.25) is 4.34 Å². The lowest BCUT2D eigenvalue weighted by molar-refractivity contribution is 0.0891. The van der Waals surface area contributed by atoms with E-state index in [1.807, 2.05) is 65.0 Å². The fourth-order valence-corrected chi connectivity index (χ4v) is 6.36. The van der Waals surface area contributed by atoms with Crippen LogP contribution in [0.25, 0.3) is 21.5 Å². The predicted molar refractivity (Wildman–Crippen MR) is 172 cm³/mol. The summed E-state index contributed by atoms with van der Waals surface area (Å²) in [5.74, 6) is 1.36. The summed E-state index contributed by atoms with van der Waals surface area (Å²) in [5.41, 5.74) is 4.31. The lowest BCUT2D eigenvalue weighted by Crippen LogP contribution is -2.47. The molecular weight excluding hydrogens is 556 g/mol. The van der Waals surface area contributed by atoms with E-state index in [9.17, 15) is 4.79 Å². The minimum Gasteiger partial charge on any atom is -0.496 e. The third-order valence-electron chi connectivity index (χ3n) is 7.34. The van der Waals surface area contributed by atoms with Crippen LogP contribution in [0.3, 0.4) is 0 Å². The number of methoxy groups -OCH3 is 1. The number of carbonyl (C=O) groups excluding carboxylic acids is 1. The number of rotatable bonds is 7. The maximum atomic E-state index is 13.8. The first-order valence-corrected chi connectivity index (χ1v) is 15.9. The van der Waals surface area contributed by atoms with Gasteiger partial charge < -0.3 is 24.0 Å². The molecule has 0 radical (unpaired) electrons. The van der Waals surface area contributed by atoms with Crippen LogP contribution >= 0.6 is 22.9 Å². The van der Waals surface area contributed by atoms with E-state index < -0.39 is 0 Å². The number of carbonyl (C=O) groups is 1. The fraction of sp³-hybridized carbons (Fsp3) is 0.500. The highest BCUT2D eigenvalue weighted by Gasteiger charge is 2.28. The van der Waals surface area contributed by atoms with Crippen LogP contribution in [0.15, 0.2) is 34.9 Å². The number of fused-ring (bicyclic) bond motifs is 1. The van der Waals surface area contributed by atoms with Crippen LogP contribution in [0.1, 0.15) is 81.7 Å². The number of hydrogen-bond donors (Lipinski definition) is 1. The van der Waals surface area contributed by atoms with Crippen LogP contribution in [0, 0.1) is 13.8 Å². The van der Waals surface area contributed by atoms with Gasteiger partial charge in [0.2, 0.25) is 0 Å². The quantitative estimate of drug-likeness (QED) is 0.231. The van der Waals surface area contributed by atoms with Crippen molar-refractivity contribution in [3.8, 4) is 16.4 Å². The molecule has 0 aliphatic carbocycles. The molecule has 41 heavy (non-hydrogen) atoms. The van der Waals surface area contributed by atoms with E-state index in [4.69, 9.17) is 20.9 Å². The number of piperidine rings is 1. The largest absolute Gasteiger partial charge is 0.496 e. The van der Waals surface area contributed by atoms with Gasteiger partial charge in [0.05, 0.1) is 28.4 Å². The molecule has 4 aromatic rings. The van der Waals surface area contributed by atoms with Gasteiger partial charge in [0.15, 0.2) is 5.76 Å². The summed E-state index contributed by atoms with van der Waals surface area (Å²) < 4.78 is 14.1. The topological polar surface area (TPSA) is 72.5 Å². The van der Waals surface area contributed by atoms with Gasteiger partial charge in [-0.3, -0.25) is 4.79 Å². The van der Waals surface area contributed by atoms with Crippen molar-refractivity contribution in [2.24, 2.45) is 0 Å². The number of nitrogens with zero attached hydrogens (tertiary/aromatic N) is 3. The zero-order valence-electron chi connectivity index (χ0n) is 25.9. The molecule has 0 atom stereocenters. The maximum Gasteiger partial charge on any atom is 0.268 e. The Bertz CT molecular complexity index is 1430. The van der Waals surface area contributed by atoms with Crippen molar-refractivity contribution in [3.63, 3.8) is 0 Å². The summed E-state index contributed by atoms with van der Waals surface area (Å²) in [6.07, 6.45) is 1.89. The lowest BCUT2D eigenvalue weighted by Gasteiger charge is -2.34. The van der Waals surface area contributed by atoms with Crippen LogP contribution in [-0.4, -0.2) is 52.8 Å². The molecule has 0 unspecified atom stereocenters. The number of aromatic nitrogens is 2. The number of thiophene rings is 1. The van der Waals surface area contributed by atoms with Gasteiger partial charge in [-0.05, 0) is 69.9 Å². The maximum absolute atomic E-state index is 13.8. The summed E-state index contributed by atoms with van der Waals surface area (Å²) >= 11 is 7.56. The zero-order valence-corrected chi connectivity index (χ0v) is 27.5. The third kappa shape index (κ3) is 7.16. The standard InChI is InChI=1S/C28H33ClN4O3S.2C2H6/c1-16(2)32-12-10-19(11-13-32)30-28(34)27-18(4)25-21(35-5)7-6-17(3)26(25)33(27)15-20-14-22(36-31-20)23-8-9-24(29)37-23;2*1-2/h6-9,14,16,19H,10-13,15H2,1-5H3,(H,30,34);2*1-2H3. The van der Waals surface area contributed by atoms with Crippen molar-refractivity contribution in [2.75, 3.05) is 20.2 Å². The Kier molecular flexibility index (Phi) is 11.9. The van der Waals surface area contributed by atoms with Gasteiger partial charge in [0.25, 0.3) is 5.91 Å². The number of amides is 1. The highest BCUT2D eigenvalue weighted by Crippen LogP contribution is 2.37. The number of hydrogen-bond acceptors (Lipinski definition) is 6. The number of likely N-dealkylation sites (tertiary alicyclic amines) is 1. The Hall–Kier alpha value is -2.81. The smallest absolute Gasteiger partial charge is 0.268 e. The molecule has 1 fully saturated rings. The van der Waals surface area contributed by atoms with Gasteiger partial charge in [0, 0.05) is 36.6 Å². The second kappa shape index (κ2) is 14.9. The SMILES string of the molecule is CC.CC.COc1ccc(C)c2c1c(C)c(C(=O)NC1CCN(C(C)C)CC1)n2Cc1cc(-c2ccc(Cl)s2)on1. The van der Waals surface area contributed by atoms with Crippen LogP contribution in [0.5, 0.6) is 5.75 Å². The van der Waals surface area contributed by atoms with E-state index in [1.165, 1.54) is 11.3 Å². The molecule has 5 rings (SSSR count). The highest BCUT2D eigenvalue weighted by atomic mass is 35.5. The Morgan fingerprint density at radius 1 is 1.15 bits per heavy atom. The Labute approximate surface area is 253 Å². The number of benzene rings is 1. The molecule has 1 aliphatic heterocycles. The summed E-state index contributed by atoms with van der Waals surface area (Å²) in [4.78, 5) is 17.2. The highest BCUT2D eigenvalue weighted by molar-refractivity contribution is 7.19. The normalized spacial score (nSPS) is 13.9. The summed E-state index contributed by atoms with van der Waals surface area (Å²) in [7, 11) is 1.67. The van der Waals surface area contributed by atoms with Crippen molar-refractivity contribution >= 4 is 39.7 Å². The average Bonchev–Trinajstić information content (AvgIpc) is 3.70. The van der Waals surface area contributed by atoms with Gasteiger partial charge in [-0.2, -0.15) is 0 Å². The van der Waals surface area contributed by atoms with Crippen molar-refractivity contribution in [3.05, 3.63) is 57.2 Å². The van der Waals surface area contributed by atoms with Crippen molar-refractivity contribution < 1.29 is 14.1 Å². The molecule has 1 aromatic carbocycles. The van der Waals surface area contributed by atoms with Crippen molar-refractivity contribution in [1.82, 2.24) is 19.9 Å². The number of halogens is 1. The van der Waals surface area contributed by atoms with E-state index in [0.717, 1.165) is 64.3 Å². The fourth-order valence-electron chi connectivity index (χ4n) is 5.37. The number of nitrogens with one attached hydrogen (secondary N) is 1. The molecule has 224 valence electrons. The molecule has 1 saturated heterocycles. The van der Waals surface area contributed by atoms with Crippen molar-refractivity contribution in [2.45, 2.75) is 86.9 Å². The van der Waals surface area contributed by atoms with Gasteiger partial charge in [-0.1, -0.05) is 50.5 Å². The van der Waals surface area contributed by atoms with Crippen LogP contribution in [-0.2, 0) is 6.54 Å². The third-order valence-corrected chi connectivity index (χ3v) is 8.58. The van der Waals surface area contributed by atoms with E-state index in [2.05, 4.69) is 40.7 Å². The monoisotopic (exact) mass is 600 g/mol. The van der Waals surface area contributed by atoms with Crippen LogP contribution < -0.4 is 10.1 Å². The molecule has 1 amide bonds. The summed E-state index contributed by atoms with van der Waals surface area (Å²) in [5, 5.41) is 8.61. The molecule has 1 aliphatic rings. The van der Waals surface area contributed by atoms with Crippen molar-refractivity contribution in [1.29, 1.82) is 0 Å². The first kappa shape index (κ1) is 32.7. The molecule has 0 spiro atoms. The minimum absolute atomic E-state index is 0.0630. The first-order chi connectivity index (χ1) is 19.8. The Balaban J connectivity index is 0.00000111. The van der Waals surface area contributed by atoms with Gasteiger partial charge in [0.1, 0.15) is 17.1 Å². The van der Waals surface area contributed by atoms with E-state index >= 15 is 0 Å². The molecular formula is C32H45ClN4O3S. The zero-order chi connectivity index (χ0) is 30.3. The Morgan fingerprint density at radius 3 is 2.41 bits per heavy atom. The molecule has 7 nitrogen and oxygen atoms in total. The molecule has 4 heterocycles. The summed E-state index contributed by atoms with van der Waals surface area (Å²) in [6.45, 7) is 18.9. The molecule has 1 N–H and O–H groups in total. The minimum atomic E-state index is -0.0630. The van der Waals surface area contributed by atoms with Gasteiger partial charge in [-0.25, -0.2) is 0 Å². The molecule has 0 bridgehead atoms. The van der Waals surface area contributed by atoms with Gasteiger partial charge in [-0.15, -0.1) is 11.3 Å². The predicted octanol–water partition coefficient (Wildman–Crippen LogP) is 8.34. The van der Waals surface area contributed by atoms with Gasteiger partial charge >= 0.3 is 0 Å². The second-order valence-electron chi connectivity index (χ2n) is 10.0. The van der Waals surface area contributed by atoms with E-state index in [-0.39, 0.29) is 11.9 Å².